The van der Waals surface area contributed by atoms with Gasteiger partial charge < -0.3 is 4.98 Å². The molecule has 0 amide bonds. The maximum Gasteiger partial charge on any atom is 0.111 e. The molecule has 0 bridgehead atoms. The molecule has 0 aliphatic heterocycles. The number of aryl methyl sites for hydroxylation is 1. The van der Waals surface area contributed by atoms with E-state index in [1.54, 1.807) is 0 Å². The Balaban J connectivity index is 3.11. The predicted octanol–water partition coefficient (Wildman–Crippen LogP) is 2.55. The van der Waals surface area contributed by atoms with Crippen molar-refractivity contribution in [2.45, 2.75) is 20.4 Å². The maximum atomic E-state index is 9.97. The summed E-state index contributed by atoms with van der Waals surface area (Å²) in [4.78, 5) is 12.9. The molecule has 0 atom stereocenters. The van der Waals surface area contributed by atoms with Crippen LogP contribution in [0.25, 0.3) is 0 Å². The van der Waals surface area contributed by atoms with Crippen LogP contribution in [0, 0.1) is 18.8 Å². The molecule has 1 aromatic rings. The van der Waals surface area contributed by atoms with Gasteiger partial charge >= 0.3 is 0 Å². The van der Waals surface area contributed by atoms with Gasteiger partial charge in [-0.25, -0.2) is 0 Å². The van der Waals surface area contributed by atoms with Gasteiger partial charge in [0.05, 0.1) is 0 Å². The third-order valence-electron chi connectivity index (χ3n) is 1.80. The summed E-state index contributed by atoms with van der Waals surface area (Å²) in [6, 6.07) is 0. The van der Waals surface area contributed by atoms with Crippen molar-refractivity contribution in [1.82, 2.24) is 4.98 Å². The highest BCUT2D eigenvalue weighted by atomic mass is 35.5. The van der Waals surface area contributed by atoms with Gasteiger partial charge in [-0.1, -0.05) is 16.8 Å². The van der Waals surface area contributed by atoms with Gasteiger partial charge in [0.2, 0.25) is 0 Å². The third kappa shape index (κ3) is 1.43. The largest absolute Gasteiger partial charge is 0.349 e. The van der Waals surface area contributed by atoms with Gasteiger partial charge in [0.25, 0.3) is 0 Å². The van der Waals surface area contributed by atoms with Crippen LogP contribution in [0.4, 0.5) is 0 Å². The molecule has 0 radical (unpaired) electrons. The van der Waals surface area contributed by atoms with Crippen LogP contribution in [-0.4, -0.2) is 4.98 Å². The van der Waals surface area contributed by atoms with Gasteiger partial charge in [-0.05, 0) is 19.4 Å². The second kappa shape index (κ2) is 3.05. The summed E-state index contributed by atoms with van der Waals surface area (Å²) in [5.41, 5.74) is 2.82. The number of nitrogens with zero attached hydrogens (tertiary/aromatic N) is 1. The summed E-state index contributed by atoms with van der Waals surface area (Å²) >= 11 is 5.77. The third-order valence-corrected chi connectivity index (χ3v) is 2.12. The van der Waals surface area contributed by atoms with E-state index >= 15 is 0 Å². The van der Waals surface area contributed by atoms with Crippen LogP contribution >= 0.6 is 11.6 Å². The first kappa shape index (κ1) is 8.27. The minimum Gasteiger partial charge on any atom is -0.349 e. The lowest BCUT2D eigenvalue weighted by Gasteiger charge is -1.91. The number of hydrogen-bond donors (Lipinski definition) is 1. The predicted molar refractivity (Wildman–Crippen MR) is 44.8 cm³/mol. The molecule has 1 N–H and O–H groups in total. The molecule has 0 unspecified atom stereocenters. The van der Waals surface area contributed by atoms with Crippen LogP contribution < -0.4 is 0 Å². The molecule has 0 aliphatic rings. The number of hydrogen-bond acceptors (Lipinski definition) is 2. The SMILES string of the molecule is Cc1[nH]c(Cl)c(CN=O)c1C. The zero-order chi connectivity index (χ0) is 8.43. The van der Waals surface area contributed by atoms with E-state index in [0.29, 0.717) is 5.15 Å². The van der Waals surface area contributed by atoms with Crippen molar-refractivity contribution < 1.29 is 0 Å². The Hall–Kier alpha value is -0.830. The van der Waals surface area contributed by atoms with Gasteiger partial charge in [-0.15, -0.1) is 0 Å². The Labute approximate surface area is 69.7 Å². The fourth-order valence-corrected chi connectivity index (χ4v) is 1.32. The monoisotopic (exact) mass is 172 g/mol. The number of nitrogens with one attached hydrogen (secondary N) is 1. The van der Waals surface area contributed by atoms with Gasteiger partial charge in [-0.3, -0.25) is 0 Å². The molecular weight excluding hydrogens is 164 g/mol. The summed E-state index contributed by atoms with van der Waals surface area (Å²) in [7, 11) is 0. The van der Waals surface area contributed by atoms with Gasteiger partial charge in [-0.2, -0.15) is 4.91 Å². The number of aromatic amines is 1. The summed E-state index contributed by atoms with van der Waals surface area (Å²) in [6.07, 6.45) is 0. The Kier molecular flexibility index (Phi) is 2.29. The first-order chi connectivity index (χ1) is 5.16. The van der Waals surface area contributed by atoms with E-state index in [9.17, 15) is 4.91 Å². The van der Waals surface area contributed by atoms with Crippen LogP contribution in [0.3, 0.4) is 0 Å². The highest BCUT2D eigenvalue weighted by molar-refractivity contribution is 6.30. The van der Waals surface area contributed by atoms with E-state index in [2.05, 4.69) is 10.2 Å². The van der Waals surface area contributed by atoms with Gasteiger partial charge in [0, 0.05) is 11.3 Å². The zero-order valence-corrected chi connectivity index (χ0v) is 7.20. The molecule has 0 spiro atoms. The lowest BCUT2D eigenvalue weighted by atomic mass is 10.2. The van der Waals surface area contributed by atoms with E-state index < -0.39 is 0 Å². The normalized spacial score (nSPS) is 10.1. The molecule has 1 aromatic heterocycles. The number of aromatic nitrogens is 1. The van der Waals surface area contributed by atoms with Crippen molar-refractivity contribution in [3.05, 3.63) is 26.9 Å². The Morgan fingerprint density at radius 2 is 2.18 bits per heavy atom. The summed E-state index contributed by atoms with van der Waals surface area (Å²) in [6.45, 7) is 3.97. The second-order valence-corrected chi connectivity index (χ2v) is 2.83. The molecule has 11 heavy (non-hydrogen) atoms. The number of nitroso groups, excluding NO2 is 1. The summed E-state index contributed by atoms with van der Waals surface area (Å²) in [5.74, 6) is 0. The van der Waals surface area contributed by atoms with Crippen molar-refractivity contribution in [2.24, 2.45) is 5.18 Å². The van der Waals surface area contributed by atoms with Crippen molar-refractivity contribution >= 4 is 11.6 Å². The summed E-state index contributed by atoms with van der Waals surface area (Å²) < 4.78 is 0. The minimum atomic E-state index is 0.148. The van der Waals surface area contributed by atoms with Gasteiger partial charge in [0.15, 0.2) is 0 Å². The fourth-order valence-electron chi connectivity index (χ4n) is 0.977. The molecule has 0 fully saturated rings. The number of rotatable bonds is 2. The number of H-pyrrole nitrogens is 1. The van der Waals surface area contributed by atoms with Crippen LogP contribution in [-0.2, 0) is 6.54 Å². The lowest BCUT2D eigenvalue weighted by molar-refractivity contribution is 1.04. The molecule has 4 heteroatoms. The fraction of sp³-hybridized carbons (Fsp3) is 0.429. The minimum absolute atomic E-state index is 0.148. The zero-order valence-electron chi connectivity index (χ0n) is 6.44. The van der Waals surface area contributed by atoms with E-state index in [1.165, 1.54) is 0 Å². The van der Waals surface area contributed by atoms with Crippen LogP contribution in [0.15, 0.2) is 5.18 Å². The van der Waals surface area contributed by atoms with Crippen LogP contribution in [0.1, 0.15) is 16.8 Å². The molecule has 0 aliphatic carbocycles. The van der Waals surface area contributed by atoms with E-state index in [-0.39, 0.29) is 6.54 Å². The highest BCUT2D eigenvalue weighted by Crippen LogP contribution is 2.22. The van der Waals surface area contributed by atoms with Crippen molar-refractivity contribution in [1.29, 1.82) is 0 Å². The average Bonchev–Trinajstić information content (AvgIpc) is 2.17. The quantitative estimate of drug-likeness (QED) is 0.685. The molecule has 1 rings (SSSR count). The lowest BCUT2D eigenvalue weighted by Crippen LogP contribution is -1.81. The Bertz CT molecular complexity index is 280. The molecular formula is C7H9ClN2O. The topological polar surface area (TPSA) is 45.2 Å². The molecule has 1 heterocycles. The first-order valence-corrected chi connectivity index (χ1v) is 3.67. The van der Waals surface area contributed by atoms with E-state index in [4.69, 9.17) is 11.6 Å². The second-order valence-electron chi connectivity index (χ2n) is 2.45. The molecule has 60 valence electrons. The Morgan fingerprint density at radius 1 is 1.55 bits per heavy atom. The highest BCUT2D eigenvalue weighted by Gasteiger charge is 2.08. The van der Waals surface area contributed by atoms with Crippen molar-refractivity contribution in [2.75, 3.05) is 0 Å². The van der Waals surface area contributed by atoms with Crippen LogP contribution in [0.2, 0.25) is 5.15 Å². The number of halogens is 1. The average molecular weight is 173 g/mol. The molecule has 0 saturated heterocycles. The first-order valence-electron chi connectivity index (χ1n) is 3.29. The molecule has 0 saturated carbocycles. The molecule has 0 aromatic carbocycles. The smallest absolute Gasteiger partial charge is 0.111 e. The Morgan fingerprint density at radius 3 is 2.55 bits per heavy atom. The van der Waals surface area contributed by atoms with E-state index in [0.717, 1.165) is 16.8 Å². The standard InChI is InChI=1S/C7H9ClN2O/c1-4-5(2)10-7(8)6(4)3-9-11/h10H,3H2,1-2H3. The molecule has 3 nitrogen and oxygen atoms in total. The van der Waals surface area contributed by atoms with Crippen molar-refractivity contribution in [3.8, 4) is 0 Å². The maximum absolute atomic E-state index is 9.97. The van der Waals surface area contributed by atoms with Gasteiger partial charge in [0.1, 0.15) is 11.7 Å². The van der Waals surface area contributed by atoms with Crippen molar-refractivity contribution in [3.63, 3.8) is 0 Å². The summed E-state index contributed by atoms with van der Waals surface area (Å²) in [5, 5.41) is 3.31. The van der Waals surface area contributed by atoms with E-state index in [1.807, 2.05) is 13.8 Å². The van der Waals surface area contributed by atoms with Crippen LogP contribution in [0.5, 0.6) is 0 Å².